The van der Waals surface area contributed by atoms with Gasteiger partial charge in [-0.1, -0.05) is 0 Å². The fourth-order valence-corrected chi connectivity index (χ4v) is 2.85. The van der Waals surface area contributed by atoms with Crippen molar-refractivity contribution in [2.24, 2.45) is 0 Å². The molecule has 0 amide bonds. The van der Waals surface area contributed by atoms with E-state index in [0.29, 0.717) is 12.2 Å². The quantitative estimate of drug-likeness (QED) is 0.835. The molecule has 1 saturated heterocycles. The van der Waals surface area contributed by atoms with Crippen molar-refractivity contribution >= 4 is 28.3 Å². The Bertz CT molecular complexity index is 399. The lowest BCUT2D eigenvalue weighted by molar-refractivity contribution is 0.0528. The normalized spacial score (nSPS) is 15.9. The second-order valence-corrected chi connectivity index (χ2v) is 4.77. The average Bonchev–Trinajstić information content (AvgIpc) is 2.73. The molecular weight excluding hydrogens is 238 g/mol. The van der Waals surface area contributed by atoms with Gasteiger partial charge in [-0.3, -0.25) is 0 Å². The molecule has 0 saturated carbocycles. The molecule has 2 N–H and O–H groups in total. The van der Waals surface area contributed by atoms with Crippen LogP contribution in [0.5, 0.6) is 0 Å². The summed E-state index contributed by atoms with van der Waals surface area (Å²) in [5.41, 5.74) is 6.19. The fraction of sp³-hybridized carbons (Fsp3) is 0.636. The van der Waals surface area contributed by atoms with E-state index in [1.54, 1.807) is 6.92 Å². The molecule has 1 fully saturated rings. The number of rotatable bonds is 3. The van der Waals surface area contributed by atoms with Gasteiger partial charge >= 0.3 is 5.97 Å². The number of aromatic nitrogens is 1. The van der Waals surface area contributed by atoms with Crippen LogP contribution in [-0.2, 0) is 4.74 Å². The number of hydrogen-bond acceptors (Lipinski definition) is 6. The molecule has 1 aromatic heterocycles. The van der Waals surface area contributed by atoms with E-state index in [0.717, 1.165) is 30.9 Å². The molecule has 5 nitrogen and oxygen atoms in total. The molecular formula is C11H17N3O2S. The van der Waals surface area contributed by atoms with Crippen LogP contribution >= 0.6 is 11.5 Å². The largest absolute Gasteiger partial charge is 0.462 e. The number of ether oxygens (including phenoxy) is 1. The monoisotopic (exact) mass is 255 g/mol. The van der Waals surface area contributed by atoms with Crippen LogP contribution in [0.4, 0.5) is 10.8 Å². The van der Waals surface area contributed by atoms with E-state index in [4.69, 9.17) is 10.5 Å². The Morgan fingerprint density at radius 1 is 1.47 bits per heavy atom. The summed E-state index contributed by atoms with van der Waals surface area (Å²) in [5, 5.41) is 0.862. The van der Waals surface area contributed by atoms with Crippen LogP contribution in [0.25, 0.3) is 0 Å². The van der Waals surface area contributed by atoms with Gasteiger partial charge in [0.1, 0.15) is 10.6 Å². The van der Waals surface area contributed by atoms with Crippen LogP contribution in [0.3, 0.4) is 0 Å². The molecule has 17 heavy (non-hydrogen) atoms. The van der Waals surface area contributed by atoms with Crippen molar-refractivity contribution in [2.75, 3.05) is 30.3 Å². The van der Waals surface area contributed by atoms with Crippen LogP contribution in [0.1, 0.15) is 36.5 Å². The summed E-state index contributed by atoms with van der Waals surface area (Å²) in [6, 6.07) is 0. The number of carbonyl (C=O) groups is 1. The number of hydrogen-bond donors (Lipinski definition) is 1. The van der Waals surface area contributed by atoms with Gasteiger partial charge in [0.25, 0.3) is 0 Å². The van der Waals surface area contributed by atoms with Gasteiger partial charge in [0.05, 0.1) is 6.61 Å². The smallest absolute Gasteiger partial charge is 0.345 e. The molecule has 0 bridgehead atoms. The Balaban J connectivity index is 2.24. The molecule has 2 rings (SSSR count). The van der Waals surface area contributed by atoms with Gasteiger partial charge < -0.3 is 15.4 Å². The lowest BCUT2D eigenvalue weighted by Gasteiger charge is -2.27. The Kier molecular flexibility index (Phi) is 3.83. The zero-order chi connectivity index (χ0) is 12.3. The van der Waals surface area contributed by atoms with Crippen molar-refractivity contribution in [2.45, 2.75) is 26.2 Å². The van der Waals surface area contributed by atoms with Gasteiger partial charge in [0, 0.05) is 13.1 Å². The van der Waals surface area contributed by atoms with Gasteiger partial charge in [-0.2, -0.15) is 4.37 Å². The minimum atomic E-state index is -0.362. The zero-order valence-electron chi connectivity index (χ0n) is 9.94. The number of nitrogens with two attached hydrogens (primary N) is 1. The molecule has 0 aromatic carbocycles. The number of nitrogen functional groups attached to an aromatic ring is 1. The Labute approximate surface area is 105 Å². The highest BCUT2D eigenvalue weighted by atomic mass is 32.1. The van der Waals surface area contributed by atoms with E-state index in [-0.39, 0.29) is 11.8 Å². The predicted octanol–water partition coefficient (Wildman–Crippen LogP) is 1.89. The minimum Gasteiger partial charge on any atom is -0.462 e. The molecule has 0 unspecified atom stereocenters. The van der Waals surface area contributed by atoms with Crippen molar-refractivity contribution in [3.05, 3.63) is 5.56 Å². The summed E-state index contributed by atoms with van der Waals surface area (Å²) in [6.07, 6.45) is 3.56. The lowest BCUT2D eigenvalue weighted by atomic mass is 10.1. The van der Waals surface area contributed by atoms with E-state index in [9.17, 15) is 4.79 Å². The first-order valence-electron chi connectivity index (χ1n) is 5.91. The van der Waals surface area contributed by atoms with Crippen LogP contribution in [0.2, 0.25) is 0 Å². The summed E-state index contributed by atoms with van der Waals surface area (Å²) in [4.78, 5) is 14.0. The molecule has 0 atom stereocenters. The zero-order valence-corrected chi connectivity index (χ0v) is 10.8. The highest BCUT2D eigenvalue weighted by molar-refractivity contribution is 7.11. The van der Waals surface area contributed by atoms with E-state index in [1.165, 1.54) is 18.0 Å². The van der Waals surface area contributed by atoms with Crippen LogP contribution in [-0.4, -0.2) is 30.0 Å². The van der Waals surface area contributed by atoms with Crippen molar-refractivity contribution in [3.8, 4) is 0 Å². The lowest BCUT2D eigenvalue weighted by Crippen LogP contribution is -2.30. The average molecular weight is 255 g/mol. The predicted molar refractivity (Wildman–Crippen MR) is 68.5 cm³/mol. The highest BCUT2D eigenvalue weighted by Crippen LogP contribution is 2.32. The molecule has 1 aliphatic heterocycles. The molecule has 1 aromatic rings. The molecule has 6 heteroatoms. The first-order chi connectivity index (χ1) is 8.24. The van der Waals surface area contributed by atoms with Gasteiger partial charge in [-0.05, 0) is 37.7 Å². The third-order valence-corrected chi connectivity index (χ3v) is 3.75. The van der Waals surface area contributed by atoms with Gasteiger partial charge in [0.15, 0.2) is 5.82 Å². The molecule has 0 radical (unpaired) electrons. The summed E-state index contributed by atoms with van der Waals surface area (Å²) in [5.74, 6) is -0.0756. The SMILES string of the molecule is CCOC(=O)c1c(N)nsc1N1CCCCC1. The van der Waals surface area contributed by atoms with Crippen LogP contribution in [0, 0.1) is 0 Å². The summed E-state index contributed by atoms with van der Waals surface area (Å²) < 4.78 is 9.09. The van der Waals surface area contributed by atoms with E-state index < -0.39 is 0 Å². The Morgan fingerprint density at radius 2 is 2.18 bits per heavy atom. The number of esters is 1. The first-order valence-corrected chi connectivity index (χ1v) is 6.68. The topological polar surface area (TPSA) is 68.5 Å². The van der Waals surface area contributed by atoms with Gasteiger partial charge in [0.2, 0.25) is 0 Å². The maximum atomic E-state index is 11.8. The van der Waals surface area contributed by atoms with Gasteiger partial charge in [-0.25, -0.2) is 4.79 Å². The Hall–Kier alpha value is -1.30. The summed E-state index contributed by atoms with van der Waals surface area (Å²) >= 11 is 1.29. The molecule has 0 aliphatic carbocycles. The maximum Gasteiger partial charge on any atom is 0.345 e. The van der Waals surface area contributed by atoms with E-state index >= 15 is 0 Å². The summed E-state index contributed by atoms with van der Waals surface area (Å²) in [6.45, 7) is 4.07. The minimum absolute atomic E-state index is 0.286. The third-order valence-electron chi connectivity index (χ3n) is 2.82. The second-order valence-electron chi connectivity index (χ2n) is 4.02. The van der Waals surface area contributed by atoms with Gasteiger partial charge in [-0.15, -0.1) is 0 Å². The van der Waals surface area contributed by atoms with Crippen molar-refractivity contribution in [1.29, 1.82) is 0 Å². The van der Waals surface area contributed by atoms with E-state index in [2.05, 4.69) is 9.27 Å². The second kappa shape index (κ2) is 5.35. The molecule has 94 valence electrons. The number of piperidine rings is 1. The fourth-order valence-electron chi connectivity index (χ4n) is 2.00. The number of anilines is 2. The number of nitrogens with zero attached hydrogens (tertiary/aromatic N) is 2. The number of carbonyl (C=O) groups excluding carboxylic acids is 1. The molecule has 1 aliphatic rings. The molecule has 0 spiro atoms. The molecule has 2 heterocycles. The standard InChI is InChI=1S/C11H17N3O2S/c1-2-16-11(15)8-9(12)13-17-10(8)14-6-4-3-5-7-14/h2-7H2,1H3,(H2,12,13). The highest BCUT2D eigenvalue weighted by Gasteiger charge is 2.25. The van der Waals surface area contributed by atoms with Crippen molar-refractivity contribution in [1.82, 2.24) is 4.37 Å². The Morgan fingerprint density at radius 3 is 2.82 bits per heavy atom. The third kappa shape index (κ3) is 2.52. The first kappa shape index (κ1) is 12.2. The maximum absolute atomic E-state index is 11.8. The van der Waals surface area contributed by atoms with Crippen molar-refractivity contribution in [3.63, 3.8) is 0 Å². The van der Waals surface area contributed by atoms with Crippen molar-refractivity contribution < 1.29 is 9.53 Å². The summed E-state index contributed by atoms with van der Waals surface area (Å²) in [7, 11) is 0. The van der Waals surface area contributed by atoms with E-state index in [1.807, 2.05) is 0 Å². The van der Waals surface area contributed by atoms with Crippen LogP contribution < -0.4 is 10.6 Å². The van der Waals surface area contributed by atoms with Crippen LogP contribution in [0.15, 0.2) is 0 Å².